The van der Waals surface area contributed by atoms with Crippen LogP contribution in [-0.4, -0.2) is 19.6 Å². The minimum Gasteiger partial charge on any atom is -0.275 e. The molecule has 0 saturated carbocycles. The molecule has 0 aliphatic rings. The van der Waals surface area contributed by atoms with Gasteiger partial charge in [0.2, 0.25) is 0 Å². The van der Waals surface area contributed by atoms with Crippen molar-refractivity contribution in [3.8, 4) is 0 Å². The van der Waals surface area contributed by atoms with Gasteiger partial charge in [-0.15, -0.1) is 0 Å². The van der Waals surface area contributed by atoms with Gasteiger partial charge in [0.25, 0.3) is 0 Å². The lowest BCUT2D eigenvalue weighted by Crippen LogP contribution is -2.30. The van der Waals surface area contributed by atoms with Gasteiger partial charge in [-0.25, -0.2) is 0 Å². The highest BCUT2D eigenvalue weighted by Crippen LogP contribution is 2.21. The number of nitrogens with zero attached hydrogens (tertiary/aromatic N) is 4. The molecule has 19 heavy (non-hydrogen) atoms. The molecule has 0 amide bonds. The van der Waals surface area contributed by atoms with Gasteiger partial charge in [-0.2, -0.15) is 10.2 Å². The zero-order chi connectivity index (χ0) is 14.0. The zero-order valence-electron chi connectivity index (χ0n) is 12.0. The summed E-state index contributed by atoms with van der Waals surface area (Å²) in [7, 11) is 3.89. The maximum absolute atomic E-state index is 5.73. The fourth-order valence-corrected chi connectivity index (χ4v) is 2.44. The molecule has 1 unspecified atom stereocenters. The number of hydrogen-bond donors (Lipinski definition) is 2. The van der Waals surface area contributed by atoms with Crippen molar-refractivity contribution in [2.24, 2.45) is 19.9 Å². The fraction of sp³-hybridized carbons (Fsp3) is 0.538. The molecule has 2 rings (SSSR count). The molecule has 0 fully saturated rings. The molecule has 0 aliphatic heterocycles. The van der Waals surface area contributed by atoms with Crippen molar-refractivity contribution in [1.29, 1.82) is 0 Å². The second kappa shape index (κ2) is 5.54. The Morgan fingerprint density at radius 1 is 1.37 bits per heavy atom. The van der Waals surface area contributed by atoms with Gasteiger partial charge in [-0.05, 0) is 19.4 Å². The summed E-state index contributed by atoms with van der Waals surface area (Å²) in [4.78, 5) is 0. The average Bonchev–Trinajstić information content (AvgIpc) is 2.89. The number of rotatable bonds is 5. The maximum atomic E-state index is 5.73. The normalized spacial score (nSPS) is 12.9. The molecule has 2 aromatic heterocycles. The van der Waals surface area contributed by atoms with Crippen LogP contribution in [0, 0.1) is 6.92 Å². The third-order valence-corrected chi connectivity index (χ3v) is 3.36. The summed E-state index contributed by atoms with van der Waals surface area (Å²) in [5.41, 5.74) is 7.32. The van der Waals surface area contributed by atoms with Crippen LogP contribution in [0.4, 0.5) is 0 Å². The summed E-state index contributed by atoms with van der Waals surface area (Å²) < 4.78 is 3.74. The predicted octanol–water partition coefficient (Wildman–Crippen LogP) is 0.772. The Labute approximate surface area is 113 Å². The van der Waals surface area contributed by atoms with E-state index in [0.717, 1.165) is 35.5 Å². The lowest BCUT2D eigenvalue weighted by atomic mass is 10.0. The molecule has 104 valence electrons. The standard InChI is InChI=1S/C13H22N6/c1-5-12-11(8-18(3)17-12)13(15-14)7-10-6-9(2)16-19(10)4/h6,8,13,15H,5,7,14H2,1-4H3. The molecule has 2 heterocycles. The Balaban J connectivity index is 2.27. The first kappa shape index (κ1) is 13.8. The van der Waals surface area contributed by atoms with Crippen LogP contribution in [0.1, 0.15) is 35.6 Å². The van der Waals surface area contributed by atoms with Crippen molar-refractivity contribution in [3.63, 3.8) is 0 Å². The maximum Gasteiger partial charge on any atom is 0.0670 e. The summed E-state index contributed by atoms with van der Waals surface area (Å²) >= 11 is 0. The number of aromatic nitrogens is 4. The van der Waals surface area contributed by atoms with E-state index in [2.05, 4.69) is 28.6 Å². The highest BCUT2D eigenvalue weighted by atomic mass is 15.3. The predicted molar refractivity (Wildman–Crippen MR) is 74.3 cm³/mol. The lowest BCUT2D eigenvalue weighted by molar-refractivity contribution is 0.526. The summed E-state index contributed by atoms with van der Waals surface area (Å²) in [6.45, 7) is 4.10. The molecule has 0 aliphatic carbocycles. The molecule has 0 spiro atoms. The number of nitrogens with one attached hydrogen (secondary N) is 1. The van der Waals surface area contributed by atoms with Gasteiger partial charge >= 0.3 is 0 Å². The fourth-order valence-electron chi connectivity index (χ4n) is 2.44. The smallest absolute Gasteiger partial charge is 0.0670 e. The minimum absolute atomic E-state index is 0.0541. The highest BCUT2D eigenvalue weighted by Gasteiger charge is 2.18. The topological polar surface area (TPSA) is 73.7 Å². The molecule has 0 bridgehead atoms. The van der Waals surface area contributed by atoms with E-state index in [0.29, 0.717) is 0 Å². The Bertz CT molecular complexity index is 553. The summed E-state index contributed by atoms with van der Waals surface area (Å²) in [5, 5.41) is 8.83. The Hall–Kier alpha value is -1.66. The molecule has 6 heteroatoms. The van der Waals surface area contributed by atoms with Crippen LogP contribution < -0.4 is 11.3 Å². The van der Waals surface area contributed by atoms with Crippen LogP contribution >= 0.6 is 0 Å². The number of aryl methyl sites for hydroxylation is 4. The zero-order valence-corrected chi connectivity index (χ0v) is 12.0. The lowest BCUT2D eigenvalue weighted by Gasteiger charge is -2.15. The van der Waals surface area contributed by atoms with Crippen molar-refractivity contribution < 1.29 is 0 Å². The van der Waals surface area contributed by atoms with Crippen LogP contribution in [0.3, 0.4) is 0 Å². The molecule has 0 radical (unpaired) electrons. The molecule has 6 nitrogen and oxygen atoms in total. The van der Waals surface area contributed by atoms with Crippen LogP contribution in [-0.2, 0) is 26.9 Å². The van der Waals surface area contributed by atoms with Crippen LogP contribution in [0.15, 0.2) is 12.3 Å². The van der Waals surface area contributed by atoms with E-state index >= 15 is 0 Å². The first-order chi connectivity index (χ1) is 9.05. The second-order valence-corrected chi connectivity index (χ2v) is 4.88. The largest absolute Gasteiger partial charge is 0.275 e. The van der Waals surface area contributed by atoms with Gasteiger partial charge in [0.05, 0.1) is 17.4 Å². The van der Waals surface area contributed by atoms with Crippen molar-refractivity contribution in [1.82, 2.24) is 25.0 Å². The van der Waals surface area contributed by atoms with E-state index in [1.165, 1.54) is 0 Å². The molecule has 3 N–H and O–H groups in total. The second-order valence-electron chi connectivity index (χ2n) is 4.88. The van der Waals surface area contributed by atoms with Gasteiger partial charge < -0.3 is 0 Å². The first-order valence-corrected chi connectivity index (χ1v) is 6.53. The van der Waals surface area contributed by atoms with E-state index in [1.807, 2.05) is 36.6 Å². The van der Waals surface area contributed by atoms with Gasteiger partial charge in [-0.3, -0.25) is 20.6 Å². The van der Waals surface area contributed by atoms with Crippen molar-refractivity contribution in [3.05, 3.63) is 34.9 Å². The Morgan fingerprint density at radius 2 is 2.11 bits per heavy atom. The SMILES string of the molecule is CCc1nn(C)cc1C(Cc1cc(C)nn1C)NN. The average molecular weight is 262 g/mol. The highest BCUT2D eigenvalue weighted by molar-refractivity contribution is 5.24. The van der Waals surface area contributed by atoms with Gasteiger partial charge in [0.1, 0.15) is 0 Å². The van der Waals surface area contributed by atoms with Crippen LogP contribution in [0.25, 0.3) is 0 Å². The molecule has 2 aromatic rings. The van der Waals surface area contributed by atoms with Gasteiger partial charge in [0, 0.05) is 38.0 Å². The van der Waals surface area contributed by atoms with E-state index in [4.69, 9.17) is 5.84 Å². The van der Waals surface area contributed by atoms with Gasteiger partial charge in [-0.1, -0.05) is 6.92 Å². The monoisotopic (exact) mass is 262 g/mol. The van der Waals surface area contributed by atoms with E-state index in [1.54, 1.807) is 0 Å². The third-order valence-electron chi connectivity index (χ3n) is 3.36. The van der Waals surface area contributed by atoms with Crippen LogP contribution in [0.5, 0.6) is 0 Å². The van der Waals surface area contributed by atoms with Crippen LogP contribution in [0.2, 0.25) is 0 Å². The molecular formula is C13H22N6. The summed E-state index contributed by atoms with van der Waals surface area (Å²) in [5.74, 6) is 5.73. The number of hydrogen-bond acceptors (Lipinski definition) is 4. The van der Waals surface area contributed by atoms with Crippen molar-refractivity contribution >= 4 is 0 Å². The molecular weight excluding hydrogens is 240 g/mol. The number of hydrazine groups is 1. The van der Waals surface area contributed by atoms with Crippen molar-refractivity contribution in [2.75, 3.05) is 0 Å². The van der Waals surface area contributed by atoms with E-state index in [-0.39, 0.29) is 6.04 Å². The first-order valence-electron chi connectivity index (χ1n) is 6.53. The Kier molecular flexibility index (Phi) is 4.01. The van der Waals surface area contributed by atoms with Gasteiger partial charge in [0.15, 0.2) is 0 Å². The molecule has 0 saturated heterocycles. The van der Waals surface area contributed by atoms with E-state index < -0.39 is 0 Å². The summed E-state index contributed by atoms with van der Waals surface area (Å²) in [6.07, 6.45) is 3.73. The molecule has 0 aromatic carbocycles. The summed E-state index contributed by atoms with van der Waals surface area (Å²) in [6, 6.07) is 2.14. The third kappa shape index (κ3) is 2.85. The molecule has 1 atom stereocenters. The van der Waals surface area contributed by atoms with E-state index in [9.17, 15) is 0 Å². The van der Waals surface area contributed by atoms with Crippen molar-refractivity contribution in [2.45, 2.75) is 32.7 Å². The quantitative estimate of drug-likeness (QED) is 0.616. The number of nitrogens with two attached hydrogens (primary N) is 1. The minimum atomic E-state index is 0.0541. The Morgan fingerprint density at radius 3 is 2.63 bits per heavy atom.